The van der Waals surface area contributed by atoms with Gasteiger partial charge < -0.3 is 5.32 Å². The van der Waals surface area contributed by atoms with Gasteiger partial charge in [0, 0.05) is 25.1 Å². The number of Topliss-reactive ketones (excluding diaryl/α,β-unsaturated/α-hetero) is 1. The van der Waals surface area contributed by atoms with Crippen molar-refractivity contribution in [1.29, 1.82) is 0 Å². The third-order valence-corrected chi connectivity index (χ3v) is 6.38. The number of rotatable bonds is 6. The molecule has 0 aromatic heterocycles. The van der Waals surface area contributed by atoms with Gasteiger partial charge in [-0.1, -0.05) is 42.5 Å². The van der Waals surface area contributed by atoms with Gasteiger partial charge in [0.05, 0.1) is 0 Å². The fourth-order valence-electron chi connectivity index (χ4n) is 4.59. The Kier molecular flexibility index (Phi) is 10.3. The van der Waals surface area contributed by atoms with Crippen LogP contribution < -0.4 is 5.32 Å². The highest BCUT2D eigenvalue weighted by Crippen LogP contribution is 2.25. The van der Waals surface area contributed by atoms with Gasteiger partial charge in [-0.05, 0) is 80.4 Å². The summed E-state index contributed by atoms with van der Waals surface area (Å²) in [6.45, 7) is 5.32. The number of fused-ring (bicyclic) bond motifs is 1. The van der Waals surface area contributed by atoms with E-state index in [1.807, 2.05) is 0 Å². The first-order chi connectivity index (χ1) is 13.8. The van der Waals surface area contributed by atoms with Crippen molar-refractivity contribution in [1.82, 2.24) is 10.2 Å². The first kappa shape index (κ1) is 24.9. The molecule has 5 heteroatoms. The molecular formula is C25H34Cl2N2O. The predicted octanol–water partition coefficient (Wildman–Crippen LogP) is 5.44. The van der Waals surface area contributed by atoms with Crippen molar-refractivity contribution in [3.8, 4) is 0 Å². The predicted molar refractivity (Wildman–Crippen MR) is 129 cm³/mol. The summed E-state index contributed by atoms with van der Waals surface area (Å²) in [5, 5.41) is 3.46. The smallest absolute Gasteiger partial charge is 0.162 e. The largest absolute Gasteiger partial charge is 0.313 e. The van der Waals surface area contributed by atoms with E-state index in [2.05, 4.69) is 58.7 Å². The zero-order valence-electron chi connectivity index (χ0n) is 17.6. The maximum absolute atomic E-state index is 12.7. The number of piperidine rings is 1. The molecule has 1 N–H and O–H groups in total. The molecule has 0 atom stereocenters. The summed E-state index contributed by atoms with van der Waals surface area (Å²) in [4.78, 5) is 15.3. The summed E-state index contributed by atoms with van der Waals surface area (Å²) in [7, 11) is 0. The number of halogens is 2. The molecule has 2 aromatic rings. The van der Waals surface area contributed by atoms with Crippen LogP contribution in [0.2, 0.25) is 0 Å². The number of hydrogen-bond donors (Lipinski definition) is 1. The molecule has 0 radical (unpaired) electrons. The quantitative estimate of drug-likeness (QED) is 0.596. The Morgan fingerprint density at radius 1 is 1.00 bits per heavy atom. The number of likely N-dealkylation sites (tertiary alicyclic amines) is 1. The third-order valence-electron chi connectivity index (χ3n) is 6.38. The van der Waals surface area contributed by atoms with Gasteiger partial charge in [-0.15, -0.1) is 24.8 Å². The molecule has 0 unspecified atom stereocenters. The van der Waals surface area contributed by atoms with Gasteiger partial charge in [0.2, 0.25) is 0 Å². The van der Waals surface area contributed by atoms with Crippen molar-refractivity contribution in [2.24, 2.45) is 5.92 Å². The van der Waals surface area contributed by atoms with E-state index in [0.717, 1.165) is 51.1 Å². The van der Waals surface area contributed by atoms with Crippen molar-refractivity contribution in [2.45, 2.75) is 51.6 Å². The highest BCUT2D eigenvalue weighted by Gasteiger charge is 2.20. The van der Waals surface area contributed by atoms with E-state index in [9.17, 15) is 4.79 Å². The van der Waals surface area contributed by atoms with Crippen molar-refractivity contribution < 1.29 is 4.79 Å². The minimum Gasteiger partial charge on any atom is -0.313 e. The number of hydrogen-bond acceptors (Lipinski definition) is 3. The first-order valence-corrected chi connectivity index (χ1v) is 10.9. The van der Waals surface area contributed by atoms with Crippen LogP contribution in [0.1, 0.15) is 59.2 Å². The van der Waals surface area contributed by atoms with Crippen molar-refractivity contribution >= 4 is 30.6 Å². The number of benzene rings is 2. The average molecular weight is 449 g/mol. The lowest BCUT2D eigenvalue weighted by atomic mass is 9.89. The summed E-state index contributed by atoms with van der Waals surface area (Å²) >= 11 is 0. The second-order valence-corrected chi connectivity index (χ2v) is 8.43. The SMILES string of the molecule is Cl.Cl.O=C(CCC1CCN(Cc2ccccc2)CC1)c1ccc2c(c1)CNCCC2. The Morgan fingerprint density at radius 3 is 2.53 bits per heavy atom. The van der Waals surface area contributed by atoms with Gasteiger partial charge in [0.1, 0.15) is 0 Å². The summed E-state index contributed by atoms with van der Waals surface area (Å²) in [5.41, 5.74) is 5.03. The molecule has 2 aliphatic heterocycles. The van der Waals surface area contributed by atoms with Gasteiger partial charge in [-0.25, -0.2) is 0 Å². The third kappa shape index (κ3) is 6.81. The van der Waals surface area contributed by atoms with Crippen molar-refractivity contribution in [3.63, 3.8) is 0 Å². The topological polar surface area (TPSA) is 32.3 Å². The minimum atomic E-state index is 0. The second kappa shape index (κ2) is 12.5. The number of carbonyl (C=O) groups excluding carboxylic acids is 1. The fourth-order valence-corrected chi connectivity index (χ4v) is 4.59. The lowest BCUT2D eigenvalue weighted by Crippen LogP contribution is -2.33. The Labute approximate surface area is 193 Å². The molecule has 30 heavy (non-hydrogen) atoms. The van der Waals surface area contributed by atoms with E-state index in [4.69, 9.17) is 0 Å². The molecule has 2 aliphatic rings. The molecule has 0 aliphatic carbocycles. The molecule has 1 saturated heterocycles. The van der Waals surface area contributed by atoms with Crippen LogP contribution in [-0.2, 0) is 19.5 Å². The highest BCUT2D eigenvalue weighted by molar-refractivity contribution is 5.96. The molecule has 164 valence electrons. The van der Waals surface area contributed by atoms with Gasteiger partial charge in [0.25, 0.3) is 0 Å². The Hall–Kier alpha value is -1.39. The zero-order valence-corrected chi connectivity index (χ0v) is 19.3. The molecular weight excluding hydrogens is 415 g/mol. The van der Waals surface area contributed by atoms with Crippen LogP contribution in [0.5, 0.6) is 0 Å². The normalized spacial score (nSPS) is 17.2. The van der Waals surface area contributed by atoms with Crippen molar-refractivity contribution in [3.05, 3.63) is 70.8 Å². The first-order valence-electron chi connectivity index (χ1n) is 10.9. The number of nitrogens with zero attached hydrogens (tertiary/aromatic N) is 1. The Balaban J connectivity index is 0.00000160. The molecule has 0 bridgehead atoms. The monoisotopic (exact) mass is 448 g/mol. The molecule has 2 heterocycles. The van der Waals surface area contributed by atoms with Crippen LogP contribution in [0, 0.1) is 5.92 Å². The van der Waals surface area contributed by atoms with Crippen LogP contribution in [-0.4, -0.2) is 30.3 Å². The lowest BCUT2D eigenvalue weighted by molar-refractivity contribution is 0.0961. The van der Waals surface area contributed by atoms with Crippen LogP contribution >= 0.6 is 24.8 Å². The van der Waals surface area contributed by atoms with E-state index >= 15 is 0 Å². The molecule has 0 saturated carbocycles. The lowest BCUT2D eigenvalue weighted by Gasteiger charge is -2.32. The van der Waals surface area contributed by atoms with Crippen LogP contribution in [0.25, 0.3) is 0 Å². The summed E-state index contributed by atoms with van der Waals surface area (Å²) in [6, 6.07) is 17.1. The molecule has 2 aromatic carbocycles. The highest BCUT2D eigenvalue weighted by atomic mass is 35.5. The summed E-state index contributed by atoms with van der Waals surface area (Å²) < 4.78 is 0. The van der Waals surface area contributed by atoms with E-state index in [0.29, 0.717) is 18.1 Å². The maximum Gasteiger partial charge on any atom is 0.162 e. The van der Waals surface area contributed by atoms with E-state index in [1.54, 1.807) is 0 Å². The summed E-state index contributed by atoms with van der Waals surface area (Å²) in [5.74, 6) is 1.01. The van der Waals surface area contributed by atoms with Crippen LogP contribution in [0.3, 0.4) is 0 Å². The van der Waals surface area contributed by atoms with Gasteiger partial charge in [-0.2, -0.15) is 0 Å². The molecule has 0 spiro atoms. The number of nitrogens with one attached hydrogen (secondary N) is 1. The Morgan fingerprint density at radius 2 is 1.77 bits per heavy atom. The molecule has 1 fully saturated rings. The summed E-state index contributed by atoms with van der Waals surface area (Å²) in [6.07, 6.45) is 6.47. The maximum atomic E-state index is 12.7. The Bertz CT molecular complexity index is 789. The van der Waals surface area contributed by atoms with E-state index in [1.165, 1.54) is 36.0 Å². The zero-order chi connectivity index (χ0) is 19.2. The van der Waals surface area contributed by atoms with Gasteiger partial charge in [0.15, 0.2) is 5.78 Å². The average Bonchev–Trinajstić information content (AvgIpc) is 2.98. The molecule has 3 nitrogen and oxygen atoms in total. The van der Waals surface area contributed by atoms with Crippen LogP contribution in [0.15, 0.2) is 48.5 Å². The van der Waals surface area contributed by atoms with Gasteiger partial charge in [-0.3, -0.25) is 9.69 Å². The van der Waals surface area contributed by atoms with E-state index in [-0.39, 0.29) is 24.8 Å². The van der Waals surface area contributed by atoms with Crippen LogP contribution in [0.4, 0.5) is 0 Å². The second-order valence-electron chi connectivity index (χ2n) is 8.43. The molecule has 0 amide bonds. The van der Waals surface area contributed by atoms with E-state index < -0.39 is 0 Å². The van der Waals surface area contributed by atoms with Gasteiger partial charge >= 0.3 is 0 Å². The minimum absolute atomic E-state index is 0. The van der Waals surface area contributed by atoms with Crippen molar-refractivity contribution in [2.75, 3.05) is 19.6 Å². The fraction of sp³-hybridized carbons (Fsp3) is 0.480. The standard InChI is InChI=1S/C25H32N2O.2ClH/c28-25(23-10-9-22-7-4-14-26-18-24(22)17-23)11-8-20-12-15-27(16-13-20)19-21-5-2-1-3-6-21;;/h1-3,5-6,9-10,17,20,26H,4,7-8,11-16,18-19H2;2*1H. The number of ketones is 1. The number of carbonyl (C=O) groups is 1. The number of aryl methyl sites for hydroxylation is 1. The molecule has 4 rings (SSSR count).